The van der Waals surface area contributed by atoms with Crippen LogP contribution in [0.1, 0.15) is 10.4 Å². The Bertz CT molecular complexity index is 930. The minimum absolute atomic E-state index is 0.143. The van der Waals surface area contributed by atoms with Crippen LogP contribution in [0.5, 0.6) is 0 Å². The summed E-state index contributed by atoms with van der Waals surface area (Å²) in [5.74, 6) is -1.00. The molecule has 3 rings (SSSR count). The van der Waals surface area contributed by atoms with E-state index in [0.717, 1.165) is 18.2 Å². The van der Waals surface area contributed by atoms with Crippen molar-refractivity contribution >= 4 is 33.2 Å². The number of halogens is 2. The normalized spacial score (nSPS) is 14.9. The van der Waals surface area contributed by atoms with Crippen LogP contribution in [0.15, 0.2) is 47.4 Å². The lowest BCUT2D eigenvalue weighted by Crippen LogP contribution is -2.41. The molecule has 0 unspecified atom stereocenters. The van der Waals surface area contributed by atoms with Gasteiger partial charge in [-0.2, -0.15) is 0 Å². The van der Waals surface area contributed by atoms with E-state index in [1.54, 1.807) is 23.1 Å². The van der Waals surface area contributed by atoms with Crippen LogP contribution in [0.4, 0.5) is 10.1 Å². The predicted molar refractivity (Wildman–Crippen MR) is 95.4 cm³/mol. The molecule has 0 radical (unpaired) electrons. The van der Waals surface area contributed by atoms with Crippen molar-refractivity contribution < 1.29 is 22.3 Å². The third-order valence-electron chi connectivity index (χ3n) is 3.90. The number of sulfonamides is 1. The molecule has 2 aromatic rings. The molecule has 0 spiro atoms. The fourth-order valence-corrected chi connectivity index (χ4v) is 3.89. The minimum Gasteiger partial charge on any atom is -0.378 e. The zero-order chi connectivity index (χ0) is 18.7. The van der Waals surface area contributed by atoms with Gasteiger partial charge in [-0.05, 0) is 30.3 Å². The number of hydrogen-bond acceptors (Lipinski definition) is 4. The zero-order valence-electron chi connectivity index (χ0n) is 13.6. The molecule has 1 aliphatic rings. The maximum absolute atomic E-state index is 13.3. The van der Waals surface area contributed by atoms with E-state index >= 15 is 0 Å². The lowest BCUT2D eigenvalue weighted by molar-refractivity contribution is 0.0303. The van der Waals surface area contributed by atoms with Crippen LogP contribution in [0.2, 0.25) is 5.02 Å². The number of ether oxygens (including phenoxy) is 1. The van der Waals surface area contributed by atoms with Crippen molar-refractivity contribution in [1.82, 2.24) is 4.90 Å². The van der Waals surface area contributed by atoms with Crippen molar-refractivity contribution in [2.24, 2.45) is 0 Å². The molecular formula is C17H16ClFN2O4S. The second-order valence-electron chi connectivity index (χ2n) is 5.63. The third kappa shape index (κ3) is 3.98. The van der Waals surface area contributed by atoms with Crippen LogP contribution >= 0.6 is 11.6 Å². The van der Waals surface area contributed by atoms with Gasteiger partial charge in [-0.25, -0.2) is 12.8 Å². The molecule has 0 aliphatic carbocycles. The molecule has 1 aliphatic heterocycles. The molecule has 1 N–H and O–H groups in total. The summed E-state index contributed by atoms with van der Waals surface area (Å²) in [6.07, 6.45) is 0. The van der Waals surface area contributed by atoms with E-state index < -0.39 is 15.8 Å². The Balaban J connectivity index is 1.90. The van der Waals surface area contributed by atoms with Gasteiger partial charge < -0.3 is 9.64 Å². The Morgan fingerprint density at radius 1 is 1.15 bits per heavy atom. The standard InChI is InChI=1S/C17H16ClFN2O4S/c18-14-11-12(5-6-15(14)19)26(23,24)20-16-4-2-1-3-13(16)17(22)21-7-9-25-10-8-21/h1-6,11,20H,7-10H2. The Kier molecular flexibility index (Phi) is 5.45. The quantitative estimate of drug-likeness (QED) is 0.859. The molecule has 138 valence electrons. The van der Waals surface area contributed by atoms with Crippen LogP contribution in [0, 0.1) is 5.82 Å². The summed E-state index contributed by atoms with van der Waals surface area (Å²) in [6, 6.07) is 9.42. The number of nitrogens with one attached hydrogen (secondary N) is 1. The van der Waals surface area contributed by atoms with Gasteiger partial charge in [-0.15, -0.1) is 0 Å². The van der Waals surface area contributed by atoms with Crippen LogP contribution in [0.25, 0.3) is 0 Å². The Hall–Kier alpha value is -2.16. The van der Waals surface area contributed by atoms with E-state index in [9.17, 15) is 17.6 Å². The summed E-state index contributed by atoms with van der Waals surface area (Å²) in [5, 5.41) is -0.300. The van der Waals surface area contributed by atoms with Crippen molar-refractivity contribution in [2.75, 3.05) is 31.0 Å². The number of carbonyl (C=O) groups is 1. The van der Waals surface area contributed by atoms with Crippen molar-refractivity contribution in [3.63, 3.8) is 0 Å². The minimum atomic E-state index is -4.04. The fraction of sp³-hybridized carbons (Fsp3) is 0.235. The third-order valence-corrected chi connectivity index (χ3v) is 5.55. The van der Waals surface area contributed by atoms with Crippen molar-refractivity contribution in [2.45, 2.75) is 4.90 Å². The van der Waals surface area contributed by atoms with E-state index in [0.29, 0.717) is 26.3 Å². The van der Waals surface area contributed by atoms with Crippen LogP contribution in [-0.2, 0) is 14.8 Å². The zero-order valence-corrected chi connectivity index (χ0v) is 15.2. The molecular weight excluding hydrogens is 383 g/mol. The monoisotopic (exact) mass is 398 g/mol. The molecule has 1 fully saturated rings. The number of benzene rings is 2. The fourth-order valence-electron chi connectivity index (χ4n) is 2.54. The SMILES string of the molecule is O=C(c1ccccc1NS(=O)(=O)c1ccc(F)c(Cl)c1)N1CCOCC1. The van der Waals surface area contributed by atoms with Gasteiger partial charge in [0.05, 0.1) is 34.4 Å². The lowest BCUT2D eigenvalue weighted by atomic mass is 10.1. The first-order valence-electron chi connectivity index (χ1n) is 7.82. The van der Waals surface area contributed by atoms with Gasteiger partial charge in [-0.3, -0.25) is 9.52 Å². The van der Waals surface area contributed by atoms with Gasteiger partial charge in [-0.1, -0.05) is 23.7 Å². The maximum Gasteiger partial charge on any atom is 0.261 e. The summed E-state index contributed by atoms with van der Waals surface area (Å²) in [5.41, 5.74) is 0.371. The summed E-state index contributed by atoms with van der Waals surface area (Å²) in [6.45, 7) is 1.75. The summed E-state index contributed by atoms with van der Waals surface area (Å²) in [7, 11) is -4.04. The number of morpholine rings is 1. The maximum atomic E-state index is 13.3. The first-order chi connectivity index (χ1) is 12.4. The number of nitrogens with zero attached hydrogens (tertiary/aromatic N) is 1. The number of amides is 1. The molecule has 0 atom stereocenters. The Morgan fingerprint density at radius 2 is 1.85 bits per heavy atom. The van der Waals surface area contributed by atoms with Gasteiger partial charge in [0.1, 0.15) is 5.82 Å². The van der Waals surface area contributed by atoms with Crippen LogP contribution in [-0.4, -0.2) is 45.5 Å². The van der Waals surface area contributed by atoms with Crippen LogP contribution in [0.3, 0.4) is 0 Å². The van der Waals surface area contributed by atoms with Gasteiger partial charge >= 0.3 is 0 Å². The smallest absolute Gasteiger partial charge is 0.261 e. The van der Waals surface area contributed by atoms with Gasteiger partial charge in [0.2, 0.25) is 0 Å². The Labute approximate surface area is 155 Å². The summed E-state index contributed by atoms with van der Waals surface area (Å²) in [4.78, 5) is 14.1. The number of rotatable bonds is 4. The lowest BCUT2D eigenvalue weighted by Gasteiger charge is -2.27. The second-order valence-corrected chi connectivity index (χ2v) is 7.72. The molecule has 2 aromatic carbocycles. The van der Waals surface area contributed by atoms with Crippen molar-refractivity contribution in [3.8, 4) is 0 Å². The van der Waals surface area contributed by atoms with Crippen molar-refractivity contribution in [3.05, 3.63) is 58.9 Å². The molecule has 1 heterocycles. The molecule has 1 amide bonds. The van der Waals surface area contributed by atoms with E-state index in [1.165, 1.54) is 6.07 Å². The molecule has 1 saturated heterocycles. The number of anilines is 1. The summed E-state index contributed by atoms with van der Waals surface area (Å²) < 4.78 is 46.0. The summed E-state index contributed by atoms with van der Waals surface area (Å²) >= 11 is 5.67. The first kappa shape index (κ1) is 18.6. The van der Waals surface area contributed by atoms with E-state index in [4.69, 9.17) is 16.3 Å². The largest absolute Gasteiger partial charge is 0.378 e. The highest BCUT2D eigenvalue weighted by atomic mass is 35.5. The molecule has 0 bridgehead atoms. The van der Waals surface area contributed by atoms with Gasteiger partial charge in [0.25, 0.3) is 15.9 Å². The highest BCUT2D eigenvalue weighted by Gasteiger charge is 2.23. The first-order valence-corrected chi connectivity index (χ1v) is 9.68. The van der Waals surface area contributed by atoms with Gasteiger partial charge in [0.15, 0.2) is 0 Å². The molecule has 26 heavy (non-hydrogen) atoms. The van der Waals surface area contributed by atoms with E-state index in [2.05, 4.69) is 4.72 Å². The predicted octanol–water partition coefficient (Wildman–Crippen LogP) is 2.75. The highest BCUT2D eigenvalue weighted by Crippen LogP contribution is 2.24. The van der Waals surface area contributed by atoms with E-state index in [1.807, 2.05) is 0 Å². The molecule has 0 aromatic heterocycles. The average molecular weight is 399 g/mol. The van der Waals surface area contributed by atoms with Crippen molar-refractivity contribution in [1.29, 1.82) is 0 Å². The average Bonchev–Trinajstić information content (AvgIpc) is 2.64. The van der Waals surface area contributed by atoms with E-state index in [-0.39, 0.29) is 27.1 Å². The second kappa shape index (κ2) is 7.61. The topological polar surface area (TPSA) is 75.7 Å². The number of para-hydroxylation sites is 1. The number of carbonyl (C=O) groups excluding carboxylic acids is 1. The van der Waals surface area contributed by atoms with Crippen LogP contribution < -0.4 is 4.72 Å². The number of hydrogen-bond donors (Lipinski definition) is 1. The highest BCUT2D eigenvalue weighted by molar-refractivity contribution is 7.92. The molecule has 9 heteroatoms. The molecule has 0 saturated carbocycles. The van der Waals surface area contributed by atoms with Gasteiger partial charge in [0, 0.05) is 13.1 Å². The molecule has 6 nitrogen and oxygen atoms in total. The Morgan fingerprint density at radius 3 is 2.54 bits per heavy atom.